The molecule has 0 aliphatic rings. The number of hydrogen-bond acceptors (Lipinski definition) is 4. The molecule has 0 bridgehead atoms. The van der Waals surface area contributed by atoms with Crippen LogP contribution in [0.25, 0.3) is 11.0 Å². The zero-order chi connectivity index (χ0) is 21.8. The van der Waals surface area contributed by atoms with Gasteiger partial charge in [0.25, 0.3) is 5.91 Å². The molecule has 7 heteroatoms. The average molecular weight is 436 g/mol. The van der Waals surface area contributed by atoms with Gasteiger partial charge in [-0.05, 0) is 36.2 Å². The minimum Gasteiger partial charge on any atom is -0.493 e. The third-order valence-corrected chi connectivity index (χ3v) is 5.30. The van der Waals surface area contributed by atoms with Crippen LogP contribution in [0.5, 0.6) is 11.5 Å². The molecule has 3 aromatic carbocycles. The number of H-pyrrole nitrogens is 1. The Labute approximate surface area is 185 Å². The largest absolute Gasteiger partial charge is 0.493 e. The van der Waals surface area contributed by atoms with E-state index in [4.69, 9.17) is 26.1 Å². The standard InChI is InChI=1S/C24H22ClN3O3/c1-30-21-14-16(13-17(25)22(21)31-2)24(29)28-20(12-15-8-4-3-5-9-15)23-26-18-10-6-7-11-19(18)27-23/h3-11,13-14,20H,12H2,1-2H3,(H,26,27)(H,28,29)/t20-/m1/s1. The van der Waals surface area contributed by atoms with E-state index in [0.29, 0.717) is 34.3 Å². The highest BCUT2D eigenvalue weighted by Crippen LogP contribution is 2.36. The number of para-hydroxylation sites is 2. The van der Waals surface area contributed by atoms with Gasteiger partial charge in [0.2, 0.25) is 0 Å². The predicted molar refractivity (Wildman–Crippen MR) is 121 cm³/mol. The number of nitrogens with zero attached hydrogens (tertiary/aromatic N) is 1. The van der Waals surface area contributed by atoms with Crippen molar-refractivity contribution in [3.8, 4) is 11.5 Å². The number of imidazole rings is 1. The molecule has 0 saturated heterocycles. The molecule has 1 atom stereocenters. The highest BCUT2D eigenvalue weighted by Gasteiger charge is 2.22. The first-order chi connectivity index (χ1) is 15.1. The number of nitrogens with one attached hydrogen (secondary N) is 2. The van der Waals surface area contributed by atoms with Crippen LogP contribution in [0.1, 0.15) is 27.8 Å². The molecule has 0 radical (unpaired) electrons. The van der Waals surface area contributed by atoms with E-state index in [1.54, 1.807) is 12.1 Å². The molecule has 1 heterocycles. The van der Waals surface area contributed by atoms with Crippen LogP contribution in [0.3, 0.4) is 0 Å². The Kier molecular flexibility index (Phi) is 6.09. The van der Waals surface area contributed by atoms with E-state index < -0.39 is 0 Å². The van der Waals surface area contributed by atoms with Gasteiger partial charge in [-0.15, -0.1) is 0 Å². The number of methoxy groups -OCH3 is 2. The van der Waals surface area contributed by atoms with Crippen molar-refractivity contribution in [1.29, 1.82) is 0 Å². The summed E-state index contributed by atoms with van der Waals surface area (Å²) in [5, 5.41) is 3.39. The van der Waals surface area contributed by atoms with Gasteiger partial charge in [0.1, 0.15) is 5.82 Å². The number of rotatable bonds is 7. The van der Waals surface area contributed by atoms with Crippen LogP contribution in [0.2, 0.25) is 5.02 Å². The Balaban J connectivity index is 1.67. The summed E-state index contributed by atoms with van der Waals surface area (Å²) in [6.07, 6.45) is 0.577. The highest BCUT2D eigenvalue weighted by atomic mass is 35.5. The summed E-state index contributed by atoms with van der Waals surface area (Å²) < 4.78 is 10.6. The van der Waals surface area contributed by atoms with Crippen molar-refractivity contribution < 1.29 is 14.3 Å². The number of amides is 1. The Hall–Kier alpha value is -3.51. The van der Waals surface area contributed by atoms with Crippen molar-refractivity contribution >= 4 is 28.5 Å². The van der Waals surface area contributed by atoms with Crippen LogP contribution < -0.4 is 14.8 Å². The fourth-order valence-corrected chi connectivity index (χ4v) is 3.78. The molecule has 4 aromatic rings. The molecule has 31 heavy (non-hydrogen) atoms. The van der Waals surface area contributed by atoms with Crippen molar-refractivity contribution in [2.75, 3.05) is 14.2 Å². The lowest BCUT2D eigenvalue weighted by Crippen LogP contribution is -2.30. The van der Waals surface area contributed by atoms with Gasteiger partial charge in [-0.3, -0.25) is 4.79 Å². The number of carbonyl (C=O) groups excluding carboxylic acids is 1. The summed E-state index contributed by atoms with van der Waals surface area (Å²) in [5.41, 5.74) is 3.22. The molecule has 2 N–H and O–H groups in total. The summed E-state index contributed by atoms with van der Waals surface area (Å²) in [6.45, 7) is 0. The average Bonchev–Trinajstić information content (AvgIpc) is 3.23. The molecule has 1 amide bonds. The lowest BCUT2D eigenvalue weighted by molar-refractivity contribution is 0.0934. The van der Waals surface area contributed by atoms with E-state index in [2.05, 4.69) is 10.3 Å². The normalized spacial score (nSPS) is 11.8. The number of ether oxygens (including phenoxy) is 2. The van der Waals surface area contributed by atoms with E-state index in [0.717, 1.165) is 16.6 Å². The van der Waals surface area contributed by atoms with Crippen molar-refractivity contribution in [3.63, 3.8) is 0 Å². The van der Waals surface area contributed by atoms with Gasteiger partial charge in [0, 0.05) is 5.56 Å². The van der Waals surface area contributed by atoms with Gasteiger partial charge in [0.15, 0.2) is 11.5 Å². The number of carbonyl (C=O) groups is 1. The first-order valence-electron chi connectivity index (χ1n) is 9.80. The number of hydrogen-bond donors (Lipinski definition) is 2. The first kappa shape index (κ1) is 20.8. The fourth-order valence-electron chi connectivity index (χ4n) is 3.49. The second kappa shape index (κ2) is 9.10. The number of fused-ring (bicyclic) bond motifs is 1. The van der Waals surface area contributed by atoms with Crippen molar-refractivity contribution in [3.05, 3.63) is 88.7 Å². The number of aromatic nitrogens is 2. The minimum atomic E-state index is -0.367. The molecule has 0 aliphatic heterocycles. The van der Waals surface area contributed by atoms with Crippen LogP contribution >= 0.6 is 11.6 Å². The lowest BCUT2D eigenvalue weighted by Gasteiger charge is -2.18. The van der Waals surface area contributed by atoms with Crippen molar-refractivity contribution in [2.24, 2.45) is 0 Å². The second-order valence-corrected chi connectivity index (χ2v) is 7.46. The molecule has 0 saturated carbocycles. The quantitative estimate of drug-likeness (QED) is 0.430. The van der Waals surface area contributed by atoms with Gasteiger partial charge in [0.05, 0.1) is 36.3 Å². The zero-order valence-corrected chi connectivity index (χ0v) is 17.9. The van der Waals surface area contributed by atoms with Gasteiger partial charge >= 0.3 is 0 Å². The molecule has 0 unspecified atom stereocenters. The summed E-state index contributed by atoms with van der Waals surface area (Å²) >= 11 is 6.29. The van der Waals surface area contributed by atoms with Crippen LogP contribution in [-0.2, 0) is 6.42 Å². The van der Waals surface area contributed by atoms with E-state index in [1.165, 1.54) is 14.2 Å². The Morgan fingerprint density at radius 1 is 1.06 bits per heavy atom. The van der Waals surface area contributed by atoms with Gasteiger partial charge in [-0.1, -0.05) is 54.1 Å². The molecule has 6 nitrogen and oxygen atoms in total. The third-order valence-electron chi connectivity index (χ3n) is 5.02. The van der Waals surface area contributed by atoms with Crippen molar-refractivity contribution in [2.45, 2.75) is 12.5 Å². The summed E-state index contributed by atoms with van der Waals surface area (Å²) in [4.78, 5) is 21.2. The summed E-state index contributed by atoms with van der Waals surface area (Å²) in [7, 11) is 3.00. The van der Waals surface area contributed by atoms with Gasteiger partial charge in [-0.2, -0.15) is 0 Å². The lowest BCUT2D eigenvalue weighted by atomic mass is 10.0. The maximum atomic E-state index is 13.1. The Bertz CT molecular complexity index is 1170. The van der Waals surface area contributed by atoms with E-state index in [-0.39, 0.29) is 11.9 Å². The minimum absolute atomic E-state index is 0.288. The van der Waals surface area contributed by atoms with Gasteiger partial charge < -0.3 is 19.8 Å². The van der Waals surface area contributed by atoms with E-state index in [1.807, 2.05) is 54.6 Å². The zero-order valence-electron chi connectivity index (χ0n) is 17.2. The van der Waals surface area contributed by atoms with Crippen LogP contribution in [0, 0.1) is 0 Å². The smallest absolute Gasteiger partial charge is 0.252 e. The van der Waals surface area contributed by atoms with E-state index >= 15 is 0 Å². The summed E-state index contributed by atoms with van der Waals surface area (Å²) in [6, 6.07) is 20.5. The fraction of sp³-hybridized carbons (Fsp3) is 0.167. The molecular weight excluding hydrogens is 414 g/mol. The maximum Gasteiger partial charge on any atom is 0.252 e. The molecule has 4 rings (SSSR count). The highest BCUT2D eigenvalue weighted by molar-refractivity contribution is 6.32. The second-order valence-electron chi connectivity index (χ2n) is 7.05. The topological polar surface area (TPSA) is 76.2 Å². The first-order valence-corrected chi connectivity index (χ1v) is 10.2. The van der Waals surface area contributed by atoms with Crippen molar-refractivity contribution in [1.82, 2.24) is 15.3 Å². The third kappa shape index (κ3) is 4.49. The van der Waals surface area contributed by atoms with Gasteiger partial charge in [-0.25, -0.2) is 4.98 Å². The molecule has 1 aromatic heterocycles. The van der Waals surface area contributed by atoms with Crippen LogP contribution in [0.15, 0.2) is 66.7 Å². The molecule has 0 aliphatic carbocycles. The monoisotopic (exact) mass is 435 g/mol. The summed E-state index contributed by atoms with van der Waals surface area (Å²) in [5.74, 6) is 1.18. The molecule has 158 valence electrons. The predicted octanol–water partition coefficient (Wildman–Crippen LogP) is 4.95. The Morgan fingerprint density at radius 3 is 2.52 bits per heavy atom. The Morgan fingerprint density at radius 2 is 1.81 bits per heavy atom. The maximum absolute atomic E-state index is 13.1. The SMILES string of the molecule is COc1cc(C(=O)N[C@H](Cc2ccccc2)c2nc3ccccc3[nH]2)cc(Cl)c1OC. The van der Waals surface area contributed by atoms with Crippen LogP contribution in [-0.4, -0.2) is 30.1 Å². The molecule has 0 fully saturated rings. The number of halogens is 1. The van der Waals surface area contributed by atoms with Crippen LogP contribution in [0.4, 0.5) is 0 Å². The molecule has 0 spiro atoms. The number of aromatic amines is 1. The molecular formula is C24H22ClN3O3. The number of benzene rings is 3. The van der Waals surface area contributed by atoms with E-state index in [9.17, 15) is 4.79 Å².